The zero-order valence-electron chi connectivity index (χ0n) is 20.6. The van der Waals surface area contributed by atoms with Crippen molar-refractivity contribution < 1.29 is 33.3 Å². The molecule has 8 heteroatoms. The molecule has 0 fully saturated rings. The summed E-state index contributed by atoms with van der Waals surface area (Å²) in [7, 11) is 0. The van der Waals surface area contributed by atoms with E-state index in [2.05, 4.69) is 11.9 Å². The topological polar surface area (TPSA) is 92.3 Å². The number of para-hydroxylation sites is 1. The van der Waals surface area contributed by atoms with E-state index < -0.39 is 12.1 Å². The monoisotopic (exact) mass is 493 g/mol. The molecule has 0 bridgehead atoms. The van der Waals surface area contributed by atoms with Crippen molar-refractivity contribution in [1.29, 1.82) is 0 Å². The van der Waals surface area contributed by atoms with Crippen LogP contribution in [-0.4, -0.2) is 51.6 Å². The van der Waals surface area contributed by atoms with E-state index in [1.807, 2.05) is 67.6 Å². The molecule has 0 aliphatic heterocycles. The Balaban J connectivity index is 1.43. The first kappa shape index (κ1) is 26.7. The van der Waals surface area contributed by atoms with E-state index in [1.54, 1.807) is 6.92 Å². The lowest BCUT2D eigenvalue weighted by Crippen LogP contribution is -2.30. The zero-order chi connectivity index (χ0) is 25.8. The number of nitrogens with one attached hydrogen (secondary N) is 1. The summed E-state index contributed by atoms with van der Waals surface area (Å²) in [4.78, 5) is 23.6. The molecule has 0 aromatic heterocycles. The predicted octanol–water partition coefficient (Wildman–Crippen LogP) is 5.18. The highest BCUT2D eigenvalue weighted by molar-refractivity contribution is 5.96. The van der Waals surface area contributed by atoms with Crippen LogP contribution in [-0.2, 0) is 19.0 Å². The number of ether oxygens (including phenoxy) is 5. The maximum absolute atomic E-state index is 12.4. The van der Waals surface area contributed by atoms with Crippen LogP contribution < -0.4 is 14.8 Å². The fourth-order valence-electron chi connectivity index (χ4n) is 3.28. The van der Waals surface area contributed by atoms with Gasteiger partial charge in [-0.05, 0) is 37.6 Å². The minimum atomic E-state index is -0.570. The Bertz CT molecular complexity index is 1180. The third kappa shape index (κ3) is 8.11. The Labute approximate surface area is 210 Å². The number of carbonyl (C=O) groups is 2. The minimum Gasteiger partial charge on any atom is -0.460 e. The second-order valence-electron chi connectivity index (χ2n) is 7.94. The van der Waals surface area contributed by atoms with Crippen molar-refractivity contribution in [3.05, 3.63) is 78.4 Å². The van der Waals surface area contributed by atoms with Gasteiger partial charge in [0.15, 0.2) is 0 Å². The molecule has 0 radical (unpaired) electrons. The summed E-state index contributed by atoms with van der Waals surface area (Å²) in [6.45, 7) is 8.66. The van der Waals surface area contributed by atoms with Crippen LogP contribution in [0.5, 0.6) is 17.2 Å². The van der Waals surface area contributed by atoms with E-state index >= 15 is 0 Å². The molecule has 1 N–H and O–H groups in total. The second-order valence-corrected chi connectivity index (χ2v) is 7.94. The fourth-order valence-corrected chi connectivity index (χ4v) is 3.28. The van der Waals surface area contributed by atoms with Gasteiger partial charge < -0.3 is 29.0 Å². The lowest BCUT2D eigenvalue weighted by atomic mass is 10.0. The van der Waals surface area contributed by atoms with Crippen LogP contribution >= 0.6 is 0 Å². The molecule has 190 valence electrons. The molecule has 1 amide bonds. The Kier molecular flexibility index (Phi) is 10.3. The van der Waals surface area contributed by atoms with Gasteiger partial charge in [-0.15, -0.1) is 0 Å². The second kappa shape index (κ2) is 13.9. The number of fused-ring (bicyclic) bond motifs is 1. The Morgan fingerprint density at radius 2 is 1.50 bits per heavy atom. The van der Waals surface area contributed by atoms with Gasteiger partial charge in [0.2, 0.25) is 0 Å². The van der Waals surface area contributed by atoms with Crippen LogP contribution in [0.15, 0.2) is 72.8 Å². The summed E-state index contributed by atoms with van der Waals surface area (Å²) in [5.41, 5.74) is 1.12. The molecule has 0 unspecified atom stereocenters. The average Bonchev–Trinajstić information content (AvgIpc) is 2.87. The van der Waals surface area contributed by atoms with Crippen LogP contribution in [0.4, 0.5) is 4.79 Å². The Morgan fingerprint density at radius 1 is 0.861 bits per heavy atom. The van der Waals surface area contributed by atoms with Gasteiger partial charge >= 0.3 is 12.1 Å². The lowest BCUT2D eigenvalue weighted by molar-refractivity contribution is -0.140. The first-order valence-electron chi connectivity index (χ1n) is 11.6. The van der Waals surface area contributed by atoms with Gasteiger partial charge in [0.25, 0.3) is 0 Å². The van der Waals surface area contributed by atoms with Gasteiger partial charge in [0.1, 0.15) is 23.9 Å². The minimum absolute atomic E-state index is 0.159. The van der Waals surface area contributed by atoms with E-state index in [0.717, 1.165) is 22.1 Å². The van der Waals surface area contributed by atoms with E-state index in [4.69, 9.17) is 23.7 Å². The third-order valence-electron chi connectivity index (χ3n) is 5.01. The number of hydrogen-bond acceptors (Lipinski definition) is 7. The Hall–Kier alpha value is -3.88. The molecule has 0 saturated carbocycles. The largest absolute Gasteiger partial charge is 0.460 e. The maximum Gasteiger partial charge on any atom is 0.412 e. The summed E-state index contributed by atoms with van der Waals surface area (Å²) in [6.07, 6.45) is -0.570. The van der Waals surface area contributed by atoms with Gasteiger partial charge in [0.05, 0.1) is 26.4 Å². The molecule has 3 aromatic rings. The van der Waals surface area contributed by atoms with Gasteiger partial charge in [-0.3, -0.25) is 0 Å². The molecule has 3 aromatic carbocycles. The molecule has 3 rings (SSSR count). The van der Waals surface area contributed by atoms with Crippen LogP contribution in [0.2, 0.25) is 0 Å². The quantitative estimate of drug-likeness (QED) is 0.199. The molecule has 0 aliphatic rings. The first-order valence-corrected chi connectivity index (χ1v) is 11.6. The van der Waals surface area contributed by atoms with E-state index in [1.165, 1.54) is 0 Å². The van der Waals surface area contributed by atoms with Crippen molar-refractivity contribution >= 4 is 22.8 Å². The molecule has 8 nitrogen and oxygen atoms in total. The normalized spacial score (nSPS) is 10.6. The van der Waals surface area contributed by atoms with E-state index in [9.17, 15) is 9.59 Å². The molecule has 0 aliphatic carbocycles. The predicted molar refractivity (Wildman–Crippen MR) is 137 cm³/mol. The SMILES string of the molecule is C=C(C)C(=O)OCCOCCOCCNC(=O)Oc1c(C)cc(Oc2ccccc2)c2ccccc12. The van der Waals surface area contributed by atoms with Gasteiger partial charge in [-0.25, -0.2) is 9.59 Å². The highest BCUT2D eigenvalue weighted by atomic mass is 16.6. The van der Waals surface area contributed by atoms with E-state index in [0.29, 0.717) is 36.9 Å². The number of carbonyl (C=O) groups excluding carboxylic acids is 2. The lowest BCUT2D eigenvalue weighted by Gasteiger charge is -2.15. The summed E-state index contributed by atoms with van der Waals surface area (Å²) in [5, 5.41) is 4.31. The van der Waals surface area contributed by atoms with Crippen molar-refractivity contribution in [3.63, 3.8) is 0 Å². The van der Waals surface area contributed by atoms with Crippen LogP contribution in [0, 0.1) is 6.92 Å². The number of amides is 1. The molecular formula is C28H31NO7. The van der Waals surface area contributed by atoms with E-state index in [-0.39, 0.29) is 19.8 Å². The highest BCUT2D eigenvalue weighted by Crippen LogP contribution is 2.38. The van der Waals surface area contributed by atoms with Gasteiger partial charge in [-0.1, -0.05) is 49.0 Å². The van der Waals surface area contributed by atoms with Crippen LogP contribution in [0.3, 0.4) is 0 Å². The number of benzene rings is 3. The number of hydrogen-bond donors (Lipinski definition) is 1. The van der Waals surface area contributed by atoms with Crippen LogP contribution in [0.25, 0.3) is 10.8 Å². The van der Waals surface area contributed by atoms with Crippen LogP contribution in [0.1, 0.15) is 12.5 Å². The molecular weight excluding hydrogens is 462 g/mol. The van der Waals surface area contributed by atoms with Gasteiger partial charge in [-0.2, -0.15) is 0 Å². The molecule has 0 atom stereocenters. The summed E-state index contributed by atoms with van der Waals surface area (Å²) >= 11 is 0. The first-order chi connectivity index (χ1) is 17.5. The fraction of sp³-hybridized carbons (Fsp3) is 0.286. The third-order valence-corrected chi connectivity index (χ3v) is 5.01. The summed E-state index contributed by atoms with van der Waals surface area (Å²) < 4.78 is 27.4. The molecule has 36 heavy (non-hydrogen) atoms. The molecule has 0 saturated heterocycles. The van der Waals surface area contributed by atoms with Crippen molar-refractivity contribution in [1.82, 2.24) is 5.32 Å². The van der Waals surface area contributed by atoms with Crippen molar-refractivity contribution in [2.45, 2.75) is 13.8 Å². The highest BCUT2D eigenvalue weighted by Gasteiger charge is 2.15. The smallest absolute Gasteiger partial charge is 0.412 e. The number of aryl methyl sites for hydroxylation is 1. The maximum atomic E-state index is 12.4. The number of esters is 1. The Morgan fingerprint density at radius 3 is 2.22 bits per heavy atom. The van der Waals surface area contributed by atoms with Crippen molar-refractivity contribution in [2.75, 3.05) is 39.6 Å². The molecule has 0 heterocycles. The zero-order valence-corrected chi connectivity index (χ0v) is 20.6. The van der Waals surface area contributed by atoms with Gasteiger partial charge in [0, 0.05) is 22.9 Å². The number of rotatable bonds is 13. The van der Waals surface area contributed by atoms with Crippen molar-refractivity contribution in [3.8, 4) is 17.2 Å². The average molecular weight is 494 g/mol. The van der Waals surface area contributed by atoms with Crippen molar-refractivity contribution in [2.24, 2.45) is 0 Å². The molecule has 0 spiro atoms. The summed E-state index contributed by atoms with van der Waals surface area (Å²) in [6, 6.07) is 19.0. The summed E-state index contributed by atoms with van der Waals surface area (Å²) in [5.74, 6) is 1.45. The standard InChI is InChI=1S/C28H31NO7/c1-20(2)27(30)34-18-17-33-16-15-32-14-13-29-28(31)36-26-21(3)19-25(23-11-7-8-12-24(23)26)35-22-9-5-4-6-10-22/h4-12,19H,1,13-18H2,2-3H3,(H,29,31).